The Balaban J connectivity index is 2.48. The van der Waals surface area contributed by atoms with Crippen molar-refractivity contribution in [2.24, 2.45) is 11.1 Å². The third kappa shape index (κ3) is 4.26. The Kier molecular flexibility index (Phi) is 5.26. The van der Waals surface area contributed by atoms with Gasteiger partial charge in [-0.05, 0) is 11.5 Å². The van der Waals surface area contributed by atoms with E-state index in [1.807, 2.05) is 44.2 Å². The zero-order valence-corrected chi connectivity index (χ0v) is 9.67. The normalized spacial score (nSPS) is 12.9. The molecule has 16 heavy (non-hydrogen) atoms. The molecule has 86 valence electrons. The first-order chi connectivity index (χ1) is 7.74. The lowest BCUT2D eigenvalue weighted by atomic mass is 10.1. The van der Waals surface area contributed by atoms with Crippen LogP contribution < -0.4 is 0 Å². The van der Waals surface area contributed by atoms with E-state index in [9.17, 15) is 4.79 Å². The van der Waals surface area contributed by atoms with Crippen LogP contribution in [0.15, 0.2) is 35.5 Å². The molecule has 0 heterocycles. The van der Waals surface area contributed by atoms with E-state index in [2.05, 4.69) is 5.16 Å². The van der Waals surface area contributed by atoms with Gasteiger partial charge in [0.2, 0.25) is 0 Å². The molecule has 0 amide bonds. The topological polar surface area (TPSA) is 38.7 Å². The molecule has 1 aromatic rings. The number of carbonyl (C=O) groups excluding carboxylic acids is 1. The highest BCUT2D eigenvalue weighted by molar-refractivity contribution is 5.78. The number of aldehydes is 1. The van der Waals surface area contributed by atoms with Crippen molar-refractivity contribution in [1.29, 1.82) is 0 Å². The number of rotatable bonds is 6. The summed E-state index contributed by atoms with van der Waals surface area (Å²) in [6, 6.07) is 9.70. The van der Waals surface area contributed by atoms with Crippen molar-refractivity contribution in [3.63, 3.8) is 0 Å². The number of carbonyl (C=O) groups is 1. The quantitative estimate of drug-likeness (QED) is 0.419. The maximum atomic E-state index is 10.4. The lowest BCUT2D eigenvalue weighted by Crippen LogP contribution is -2.17. The second-order valence-corrected chi connectivity index (χ2v) is 3.94. The van der Waals surface area contributed by atoms with Crippen molar-refractivity contribution >= 4 is 12.5 Å². The summed E-state index contributed by atoms with van der Waals surface area (Å²) in [4.78, 5) is 15.7. The van der Waals surface area contributed by atoms with E-state index in [1.54, 1.807) is 6.21 Å². The van der Waals surface area contributed by atoms with Crippen LogP contribution in [0, 0.1) is 5.92 Å². The summed E-state index contributed by atoms with van der Waals surface area (Å²) in [6.45, 7) is 4.01. The number of hydrogen-bond acceptors (Lipinski definition) is 3. The van der Waals surface area contributed by atoms with Gasteiger partial charge in [0, 0.05) is 6.42 Å². The van der Waals surface area contributed by atoms with Crippen LogP contribution in [0.25, 0.3) is 0 Å². The van der Waals surface area contributed by atoms with Gasteiger partial charge in [0.05, 0.1) is 6.21 Å². The summed E-state index contributed by atoms with van der Waals surface area (Å²) in [7, 11) is 0. The summed E-state index contributed by atoms with van der Waals surface area (Å²) >= 11 is 0. The Morgan fingerprint density at radius 2 is 2.00 bits per heavy atom. The molecule has 0 radical (unpaired) electrons. The fraction of sp³-hybridized carbons (Fsp3) is 0.385. The Morgan fingerprint density at radius 3 is 2.56 bits per heavy atom. The molecule has 0 aromatic heterocycles. The van der Waals surface area contributed by atoms with Crippen molar-refractivity contribution in [3.05, 3.63) is 35.9 Å². The molecule has 0 spiro atoms. The van der Waals surface area contributed by atoms with E-state index in [1.165, 1.54) is 0 Å². The molecule has 0 aliphatic heterocycles. The summed E-state index contributed by atoms with van der Waals surface area (Å²) in [5, 5.41) is 3.90. The molecule has 0 fully saturated rings. The van der Waals surface area contributed by atoms with Crippen LogP contribution in [0.3, 0.4) is 0 Å². The Hall–Kier alpha value is -1.64. The molecule has 1 rings (SSSR count). The Morgan fingerprint density at radius 1 is 1.31 bits per heavy atom. The van der Waals surface area contributed by atoms with E-state index in [0.717, 1.165) is 11.8 Å². The van der Waals surface area contributed by atoms with Crippen LogP contribution in [-0.4, -0.2) is 18.6 Å². The SMILES string of the molecule is CC(C)[C@H](CC=O)O/N=C/c1ccccc1. The third-order valence-electron chi connectivity index (χ3n) is 2.27. The predicted octanol–water partition coefficient (Wildman–Crippen LogP) is 2.65. The Bertz CT molecular complexity index is 333. The highest BCUT2D eigenvalue weighted by Crippen LogP contribution is 2.09. The van der Waals surface area contributed by atoms with Gasteiger partial charge in [0.25, 0.3) is 0 Å². The third-order valence-corrected chi connectivity index (χ3v) is 2.27. The Labute approximate surface area is 96.1 Å². The van der Waals surface area contributed by atoms with E-state index in [0.29, 0.717) is 6.42 Å². The van der Waals surface area contributed by atoms with Gasteiger partial charge in [-0.3, -0.25) is 0 Å². The minimum atomic E-state index is -0.141. The minimum absolute atomic E-state index is 0.141. The van der Waals surface area contributed by atoms with E-state index >= 15 is 0 Å². The van der Waals surface area contributed by atoms with Crippen molar-refractivity contribution < 1.29 is 9.63 Å². The molecule has 3 heteroatoms. The molecule has 0 N–H and O–H groups in total. The fourth-order valence-electron chi connectivity index (χ4n) is 1.24. The van der Waals surface area contributed by atoms with Gasteiger partial charge in [-0.25, -0.2) is 0 Å². The summed E-state index contributed by atoms with van der Waals surface area (Å²) < 4.78 is 0. The predicted molar refractivity (Wildman–Crippen MR) is 64.4 cm³/mol. The van der Waals surface area contributed by atoms with Crippen molar-refractivity contribution in [3.8, 4) is 0 Å². The van der Waals surface area contributed by atoms with Crippen molar-refractivity contribution in [1.82, 2.24) is 0 Å². The zero-order chi connectivity index (χ0) is 11.8. The van der Waals surface area contributed by atoms with Crippen LogP contribution >= 0.6 is 0 Å². The first-order valence-electron chi connectivity index (χ1n) is 5.42. The van der Waals surface area contributed by atoms with Crippen molar-refractivity contribution in [2.45, 2.75) is 26.4 Å². The smallest absolute Gasteiger partial charge is 0.136 e. The molecule has 0 aliphatic carbocycles. The molecule has 0 unspecified atom stereocenters. The molecular formula is C13H17NO2. The molecular weight excluding hydrogens is 202 g/mol. The van der Waals surface area contributed by atoms with Gasteiger partial charge >= 0.3 is 0 Å². The van der Waals surface area contributed by atoms with Gasteiger partial charge in [-0.2, -0.15) is 0 Å². The molecule has 0 aliphatic rings. The lowest BCUT2D eigenvalue weighted by molar-refractivity contribution is -0.111. The average molecular weight is 219 g/mol. The lowest BCUT2D eigenvalue weighted by Gasteiger charge is -2.15. The molecule has 1 aromatic carbocycles. The summed E-state index contributed by atoms with van der Waals surface area (Å²) in [5.74, 6) is 0.276. The number of oxime groups is 1. The van der Waals surface area contributed by atoms with Crippen LogP contribution in [-0.2, 0) is 9.63 Å². The summed E-state index contributed by atoms with van der Waals surface area (Å²) in [6.07, 6.45) is 2.75. The second-order valence-electron chi connectivity index (χ2n) is 3.94. The highest BCUT2D eigenvalue weighted by atomic mass is 16.6. The van der Waals surface area contributed by atoms with Gasteiger partial charge in [0.1, 0.15) is 12.4 Å². The molecule has 0 saturated heterocycles. The minimum Gasteiger partial charge on any atom is -0.392 e. The number of benzene rings is 1. The van der Waals surface area contributed by atoms with Gasteiger partial charge < -0.3 is 9.63 Å². The van der Waals surface area contributed by atoms with E-state index < -0.39 is 0 Å². The van der Waals surface area contributed by atoms with Gasteiger partial charge in [-0.15, -0.1) is 0 Å². The van der Waals surface area contributed by atoms with Gasteiger partial charge in [0.15, 0.2) is 0 Å². The maximum absolute atomic E-state index is 10.4. The van der Waals surface area contributed by atoms with Crippen LogP contribution in [0.5, 0.6) is 0 Å². The summed E-state index contributed by atoms with van der Waals surface area (Å²) in [5.41, 5.74) is 0.983. The fourth-order valence-corrected chi connectivity index (χ4v) is 1.24. The zero-order valence-electron chi connectivity index (χ0n) is 9.67. The molecule has 0 saturated carbocycles. The average Bonchev–Trinajstić information content (AvgIpc) is 2.29. The molecule has 1 atom stereocenters. The monoisotopic (exact) mass is 219 g/mol. The second kappa shape index (κ2) is 6.77. The first kappa shape index (κ1) is 12.4. The van der Waals surface area contributed by atoms with Crippen LogP contribution in [0.2, 0.25) is 0 Å². The molecule has 3 nitrogen and oxygen atoms in total. The van der Waals surface area contributed by atoms with Crippen LogP contribution in [0.1, 0.15) is 25.8 Å². The van der Waals surface area contributed by atoms with Crippen LogP contribution in [0.4, 0.5) is 0 Å². The van der Waals surface area contributed by atoms with E-state index in [4.69, 9.17) is 4.84 Å². The maximum Gasteiger partial charge on any atom is 0.136 e. The van der Waals surface area contributed by atoms with E-state index in [-0.39, 0.29) is 12.0 Å². The standard InChI is InChI=1S/C13H17NO2/c1-11(2)13(8-9-15)16-14-10-12-6-4-3-5-7-12/h3-7,9-11,13H,8H2,1-2H3/b14-10+/t13-/m0/s1. The van der Waals surface area contributed by atoms with Crippen molar-refractivity contribution in [2.75, 3.05) is 0 Å². The molecule has 0 bridgehead atoms. The number of hydrogen-bond donors (Lipinski definition) is 0. The van der Waals surface area contributed by atoms with Gasteiger partial charge in [-0.1, -0.05) is 49.3 Å². The first-order valence-corrected chi connectivity index (χ1v) is 5.42. The largest absolute Gasteiger partial charge is 0.392 e. The number of nitrogens with zero attached hydrogens (tertiary/aromatic N) is 1. The highest BCUT2D eigenvalue weighted by Gasteiger charge is 2.13.